The van der Waals surface area contributed by atoms with E-state index in [1.54, 1.807) is 0 Å². The van der Waals surface area contributed by atoms with Gasteiger partial charge in [0.15, 0.2) is 0 Å². The molecular formula is C8H16P. The maximum Gasteiger partial charge on any atom is -0.0252 e. The molecule has 0 rings (SSSR count). The van der Waals surface area contributed by atoms with E-state index in [1.807, 2.05) is 0 Å². The first-order valence-corrected chi connectivity index (χ1v) is 4.88. The van der Waals surface area contributed by atoms with Crippen molar-refractivity contribution in [1.29, 1.82) is 0 Å². The fourth-order valence-electron chi connectivity index (χ4n) is 0.519. The van der Waals surface area contributed by atoms with Crippen molar-refractivity contribution in [1.82, 2.24) is 0 Å². The lowest BCUT2D eigenvalue weighted by molar-refractivity contribution is 0.960. The van der Waals surface area contributed by atoms with E-state index in [4.69, 9.17) is 0 Å². The van der Waals surface area contributed by atoms with Crippen LogP contribution in [0, 0.1) is 0 Å². The largest absolute Gasteiger partial charge is 0.0837 e. The minimum Gasteiger partial charge on any atom is -0.0837 e. The van der Waals surface area contributed by atoms with Gasteiger partial charge in [-0.2, -0.15) is 0 Å². The van der Waals surface area contributed by atoms with Crippen LogP contribution < -0.4 is 0 Å². The zero-order valence-electron chi connectivity index (χ0n) is 6.43. The SMILES string of the molecule is CCC/C=C/[P]CCC. The monoisotopic (exact) mass is 143 g/mol. The topological polar surface area (TPSA) is 0 Å². The van der Waals surface area contributed by atoms with Crippen molar-refractivity contribution in [2.24, 2.45) is 0 Å². The van der Waals surface area contributed by atoms with Crippen molar-refractivity contribution in [3.63, 3.8) is 0 Å². The minimum absolute atomic E-state index is 1.25. The average molecular weight is 143 g/mol. The van der Waals surface area contributed by atoms with Gasteiger partial charge in [-0.3, -0.25) is 0 Å². The van der Waals surface area contributed by atoms with Crippen LogP contribution in [0.1, 0.15) is 33.1 Å². The minimum atomic E-state index is 1.25. The number of allylic oxidation sites excluding steroid dienone is 1. The van der Waals surface area contributed by atoms with E-state index in [-0.39, 0.29) is 0 Å². The summed E-state index contributed by atoms with van der Waals surface area (Å²) in [7, 11) is 1.49. The van der Waals surface area contributed by atoms with Crippen LogP contribution in [-0.2, 0) is 0 Å². The average Bonchev–Trinajstić information content (AvgIpc) is 1.89. The highest BCUT2D eigenvalue weighted by Crippen LogP contribution is 2.12. The van der Waals surface area contributed by atoms with Gasteiger partial charge in [0.2, 0.25) is 0 Å². The van der Waals surface area contributed by atoms with Gasteiger partial charge in [-0.1, -0.05) is 47.2 Å². The second-order valence-electron chi connectivity index (χ2n) is 2.08. The zero-order valence-corrected chi connectivity index (χ0v) is 7.32. The Hall–Kier alpha value is 0.170. The molecule has 0 bridgehead atoms. The lowest BCUT2D eigenvalue weighted by Gasteiger charge is -1.86. The molecule has 0 nitrogen and oxygen atoms in total. The van der Waals surface area contributed by atoms with Crippen LogP contribution in [0.4, 0.5) is 0 Å². The summed E-state index contributed by atoms with van der Waals surface area (Å²) in [4.78, 5) is 0. The summed E-state index contributed by atoms with van der Waals surface area (Å²) in [5, 5.41) is 0. The van der Waals surface area contributed by atoms with Crippen LogP contribution in [0.3, 0.4) is 0 Å². The molecule has 0 aromatic carbocycles. The van der Waals surface area contributed by atoms with Crippen LogP contribution in [-0.4, -0.2) is 6.16 Å². The molecule has 0 atom stereocenters. The van der Waals surface area contributed by atoms with Gasteiger partial charge in [0.25, 0.3) is 0 Å². The van der Waals surface area contributed by atoms with Crippen LogP contribution in [0.25, 0.3) is 0 Å². The third-order valence-electron chi connectivity index (χ3n) is 1.02. The lowest BCUT2D eigenvalue weighted by atomic mass is 10.3. The van der Waals surface area contributed by atoms with Gasteiger partial charge in [0.1, 0.15) is 0 Å². The summed E-state index contributed by atoms with van der Waals surface area (Å²) < 4.78 is 0. The Labute approximate surface area is 60.5 Å². The standard InChI is InChI=1S/C8H16P/c1-3-5-6-8-9-7-4-2/h6,8H,3-5,7H2,1-2H3/b8-6+. The van der Waals surface area contributed by atoms with E-state index in [9.17, 15) is 0 Å². The summed E-state index contributed by atoms with van der Waals surface area (Å²) in [6.07, 6.45) is 7.42. The first-order chi connectivity index (χ1) is 4.41. The fraction of sp³-hybridized carbons (Fsp3) is 0.750. The van der Waals surface area contributed by atoms with Crippen LogP contribution in [0.15, 0.2) is 11.9 Å². The molecule has 0 saturated heterocycles. The molecule has 0 spiro atoms. The maximum atomic E-state index is 2.28. The van der Waals surface area contributed by atoms with Crippen molar-refractivity contribution >= 4 is 8.58 Å². The third kappa shape index (κ3) is 8.17. The van der Waals surface area contributed by atoms with E-state index in [0.717, 1.165) is 0 Å². The van der Waals surface area contributed by atoms with Crippen LogP contribution in [0.5, 0.6) is 0 Å². The van der Waals surface area contributed by atoms with Crippen LogP contribution in [0.2, 0.25) is 0 Å². The van der Waals surface area contributed by atoms with Crippen molar-refractivity contribution < 1.29 is 0 Å². The number of unbranched alkanes of at least 4 members (excludes halogenated alkanes) is 1. The Morgan fingerprint density at radius 3 is 2.56 bits per heavy atom. The smallest absolute Gasteiger partial charge is 0.0252 e. The second-order valence-corrected chi connectivity index (χ2v) is 3.19. The molecule has 1 radical (unpaired) electrons. The molecule has 0 heterocycles. The zero-order chi connectivity index (χ0) is 6.95. The highest BCUT2D eigenvalue weighted by molar-refractivity contribution is 7.41. The van der Waals surface area contributed by atoms with Crippen molar-refractivity contribution in [2.75, 3.05) is 6.16 Å². The Morgan fingerprint density at radius 2 is 2.00 bits per heavy atom. The molecule has 0 aliphatic heterocycles. The summed E-state index contributed by atoms with van der Waals surface area (Å²) in [6, 6.07) is 0. The molecule has 0 aliphatic carbocycles. The molecule has 0 amide bonds. The Kier molecular flexibility index (Phi) is 8.32. The molecule has 0 fully saturated rings. The highest BCUT2D eigenvalue weighted by atomic mass is 31.1. The normalized spacial score (nSPS) is 12.2. The highest BCUT2D eigenvalue weighted by Gasteiger charge is 1.77. The molecule has 0 saturated carbocycles. The molecule has 9 heavy (non-hydrogen) atoms. The van der Waals surface area contributed by atoms with Gasteiger partial charge in [0, 0.05) is 0 Å². The van der Waals surface area contributed by atoms with E-state index in [0.29, 0.717) is 0 Å². The second kappa shape index (κ2) is 8.17. The lowest BCUT2D eigenvalue weighted by Crippen LogP contribution is -1.64. The molecule has 1 heteroatoms. The van der Waals surface area contributed by atoms with E-state index in [1.165, 1.54) is 34.0 Å². The van der Waals surface area contributed by atoms with Gasteiger partial charge < -0.3 is 0 Å². The Bertz CT molecular complexity index is 67.0. The fourth-order valence-corrected chi connectivity index (χ4v) is 1.22. The Morgan fingerprint density at radius 1 is 1.22 bits per heavy atom. The molecule has 0 N–H and O–H groups in total. The van der Waals surface area contributed by atoms with Crippen LogP contribution >= 0.6 is 8.58 Å². The Balaban J connectivity index is 2.86. The van der Waals surface area contributed by atoms with E-state index in [2.05, 4.69) is 25.7 Å². The number of hydrogen-bond donors (Lipinski definition) is 0. The van der Waals surface area contributed by atoms with Crippen molar-refractivity contribution in [3.05, 3.63) is 11.9 Å². The number of rotatable bonds is 5. The molecule has 0 aromatic heterocycles. The van der Waals surface area contributed by atoms with Gasteiger partial charge in [0.05, 0.1) is 0 Å². The molecule has 53 valence electrons. The predicted molar refractivity (Wildman–Crippen MR) is 46.1 cm³/mol. The number of hydrogen-bond acceptors (Lipinski definition) is 0. The maximum absolute atomic E-state index is 2.28. The van der Waals surface area contributed by atoms with Gasteiger partial charge in [-0.15, -0.1) is 0 Å². The predicted octanol–water partition coefficient (Wildman–Crippen LogP) is 3.66. The summed E-state index contributed by atoms with van der Waals surface area (Å²) >= 11 is 0. The molecule has 0 aliphatic rings. The summed E-state index contributed by atoms with van der Waals surface area (Å²) in [6.45, 7) is 4.43. The van der Waals surface area contributed by atoms with E-state index < -0.39 is 0 Å². The van der Waals surface area contributed by atoms with Gasteiger partial charge in [-0.05, 0) is 12.6 Å². The summed E-state index contributed by atoms with van der Waals surface area (Å²) in [5.74, 6) is 2.27. The van der Waals surface area contributed by atoms with Gasteiger partial charge >= 0.3 is 0 Å². The third-order valence-corrected chi connectivity index (χ3v) is 2.15. The molecule has 0 aromatic rings. The van der Waals surface area contributed by atoms with Crippen molar-refractivity contribution in [2.45, 2.75) is 33.1 Å². The quantitative estimate of drug-likeness (QED) is 0.407. The van der Waals surface area contributed by atoms with Crippen molar-refractivity contribution in [3.8, 4) is 0 Å². The molecular weight excluding hydrogens is 127 g/mol. The summed E-state index contributed by atoms with van der Waals surface area (Å²) in [5.41, 5.74) is 0. The first kappa shape index (κ1) is 9.17. The molecule has 0 unspecified atom stereocenters. The van der Waals surface area contributed by atoms with E-state index >= 15 is 0 Å². The first-order valence-electron chi connectivity index (χ1n) is 3.73. The van der Waals surface area contributed by atoms with Gasteiger partial charge in [-0.25, -0.2) is 0 Å².